The number of anilines is 1. The standard InChI is InChI=1S/C10H12N4/c11-6-8-1-2-10(9(12)5-8)14-4-3-13-7-14/h1-5,7H,6,11-12H2. The largest absolute Gasteiger partial charge is 0.397 e. The summed E-state index contributed by atoms with van der Waals surface area (Å²) in [5, 5.41) is 0. The summed E-state index contributed by atoms with van der Waals surface area (Å²) < 4.78 is 1.87. The van der Waals surface area contributed by atoms with Gasteiger partial charge in [0.05, 0.1) is 17.7 Å². The highest BCUT2D eigenvalue weighted by atomic mass is 15.0. The fourth-order valence-corrected chi connectivity index (χ4v) is 1.37. The lowest BCUT2D eigenvalue weighted by Gasteiger charge is -2.07. The number of nitrogens with two attached hydrogens (primary N) is 2. The number of nitrogen functional groups attached to an aromatic ring is 1. The molecule has 14 heavy (non-hydrogen) atoms. The molecule has 1 aromatic heterocycles. The van der Waals surface area contributed by atoms with Crippen LogP contribution in [0.25, 0.3) is 5.69 Å². The monoisotopic (exact) mass is 188 g/mol. The molecule has 72 valence electrons. The molecule has 0 aliphatic rings. The number of nitrogens with zero attached hydrogens (tertiary/aromatic N) is 2. The lowest BCUT2D eigenvalue weighted by Crippen LogP contribution is -2.01. The van der Waals surface area contributed by atoms with E-state index in [0.29, 0.717) is 12.2 Å². The Morgan fingerprint density at radius 1 is 1.36 bits per heavy atom. The van der Waals surface area contributed by atoms with Crippen molar-refractivity contribution in [1.82, 2.24) is 9.55 Å². The second kappa shape index (κ2) is 3.51. The minimum absolute atomic E-state index is 0.508. The number of aromatic nitrogens is 2. The van der Waals surface area contributed by atoms with Gasteiger partial charge in [-0.2, -0.15) is 0 Å². The second-order valence-corrected chi connectivity index (χ2v) is 3.07. The summed E-state index contributed by atoms with van der Waals surface area (Å²) in [5.74, 6) is 0. The molecule has 0 saturated heterocycles. The number of rotatable bonds is 2. The van der Waals surface area contributed by atoms with Crippen LogP contribution < -0.4 is 11.5 Å². The molecule has 0 spiro atoms. The van der Waals surface area contributed by atoms with Crippen LogP contribution in [0.5, 0.6) is 0 Å². The van der Waals surface area contributed by atoms with Crippen molar-refractivity contribution in [3.63, 3.8) is 0 Å². The molecule has 2 aromatic rings. The highest BCUT2D eigenvalue weighted by Gasteiger charge is 2.01. The molecule has 0 amide bonds. The van der Waals surface area contributed by atoms with Crippen LogP contribution in [0.2, 0.25) is 0 Å². The Hall–Kier alpha value is -1.81. The molecule has 0 saturated carbocycles. The van der Waals surface area contributed by atoms with Gasteiger partial charge < -0.3 is 16.0 Å². The third-order valence-corrected chi connectivity index (χ3v) is 2.11. The normalized spacial score (nSPS) is 10.4. The zero-order valence-electron chi connectivity index (χ0n) is 7.72. The summed E-state index contributed by atoms with van der Waals surface area (Å²) in [7, 11) is 0. The van der Waals surface area contributed by atoms with E-state index in [1.54, 1.807) is 12.5 Å². The van der Waals surface area contributed by atoms with E-state index >= 15 is 0 Å². The summed E-state index contributed by atoms with van der Waals surface area (Å²) >= 11 is 0. The van der Waals surface area contributed by atoms with Gasteiger partial charge in [0.2, 0.25) is 0 Å². The highest BCUT2D eigenvalue weighted by molar-refractivity contribution is 5.59. The molecule has 1 heterocycles. The van der Waals surface area contributed by atoms with Gasteiger partial charge >= 0.3 is 0 Å². The molecule has 0 unspecified atom stereocenters. The van der Waals surface area contributed by atoms with E-state index in [2.05, 4.69) is 4.98 Å². The van der Waals surface area contributed by atoms with E-state index in [1.807, 2.05) is 29.0 Å². The maximum Gasteiger partial charge on any atom is 0.0992 e. The molecule has 4 N–H and O–H groups in total. The van der Waals surface area contributed by atoms with Crippen LogP contribution in [0.1, 0.15) is 5.56 Å². The molecule has 4 heteroatoms. The first-order valence-electron chi connectivity index (χ1n) is 4.38. The van der Waals surface area contributed by atoms with Crippen molar-refractivity contribution in [2.24, 2.45) is 5.73 Å². The minimum Gasteiger partial charge on any atom is -0.397 e. The van der Waals surface area contributed by atoms with Gasteiger partial charge in [0.1, 0.15) is 0 Å². The van der Waals surface area contributed by atoms with Crippen molar-refractivity contribution in [2.75, 3.05) is 5.73 Å². The highest BCUT2D eigenvalue weighted by Crippen LogP contribution is 2.18. The minimum atomic E-state index is 0.508. The van der Waals surface area contributed by atoms with E-state index in [1.165, 1.54) is 0 Å². The van der Waals surface area contributed by atoms with Crippen LogP contribution in [-0.2, 0) is 6.54 Å². The van der Waals surface area contributed by atoms with Gasteiger partial charge in [-0.25, -0.2) is 4.98 Å². The molecule has 1 aromatic carbocycles. The van der Waals surface area contributed by atoms with Crippen LogP contribution >= 0.6 is 0 Å². The summed E-state index contributed by atoms with van der Waals surface area (Å²) in [6.07, 6.45) is 5.29. The van der Waals surface area contributed by atoms with Gasteiger partial charge in [0.25, 0.3) is 0 Å². The lowest BCUT2D eigenvalue weighted by molar-refractivity contribution is 1.04. The van der Waals surface area contributed by atoms with E-state index < -0.39 is 0 Å². The smallest absolute Gasteiger partial charge is 0.0992 e. The Labute approximate surface area is 82.2 Å². The molecular formula is C10H12N4. The fourth-order valence-electron chi connectivity index (χ4n) is 1.37. The van der Waals surface area contributed by atoms with Crippen LogP contribution in [0.4, 0.5) is 5.69 Å². The Kier molecular flexibility index (Phi) is 2.20. The topological polar surface area (TPSA) is 69.9 Å². The van der Waals surface area contributed by atoms with Crippen molar-refractivity contribution < 1.29 is 0 Å². The average molecular weight is 188 g/mol. The molecule has 4 nitrogen and oxygen atoms in total. The molecule has 0 bridgehead atoms. The van der Waals surface area contributed by atoms with E-state index in [4.69, 9.17) is 11.5 Å². The summed E-state index contributed by atoms with van der Waals surface area (Å²) in [5.41, 5.74) is 14.1. The van der Waals surface area contributed by atoms with Gasteiger partial charge in [0.15, 0.2) is 0 Å². The lowest BCUT2D eigenvalue weighted by atomic mass is 10.2. The van der Waals surface area contributed by atoms with Crippen molar-refractivity contribution in [3.8, 4) is 5.69 Å². The zero-order chi connectivity index (χ0) is 9.97. The number of benzene rings is 1. The Bertz CT molecular complexity index is 420. The van der Waals surface area contributed by atoms with E-state index in [9.17, 15) is 0 Å². The van der Waals surface area contributed by atoms with Crippen molar-refractivity contribution in [3.05, 3.63) is 42.5 Å². The third kappa shape index (κ3) is 1.47. The van der Waals surface area contributed by atoms with Crippen LogP contribution in [0, 0.1) is 0 Å². The fraction of sp³-hybridized carbons (Fsp3) is 0.100. The van der Waals surface area contributed by atoms with Crippen molar-refractivity contribution >= 4 is 5.69 Å². The number of hydrogen-bond acceptors (Lipinski definition) is 3. The SMILES string of the molecule is NCc1ccc(-n2ccnc2)c(N)c1. The van der Waals surface area contributed by atoms with Gasteiger partial charge in [-0.1, -0.05) is 6.07 Å². The summed E-state index contributed by atoms with van der Waals surface area (Å²) in [6, 6.07) is 5.79. The van der Waals surface area contributed by atoms with E-state index in [-0.39, 0.29) is 0 Å². The Morgan fingerprint density at radius 2 is 2.21 bits per heavy atom. The van der Waals surface area contributed by atoms with Gasteiger partial charge in [-0.15, -0.1) is 0 Å². The quantitative estimate of drug-likeness (QED) is 0.688. The number of imidazole rings is 1. The summed E-state index contributed by atoms with van der Waals surface area (Å²) in [6.45, 7) is 0.508. The van der Waals surface area contributed by atoms with Crippen LogP contribution in [0.15, 0.2) is 36.9 Å². The maximum absolute atomic E-state index is 5.88. The van der Waals surface area contributed by atoms with E-state index in [0.717, 1.165) is 11.3 Å². The van der Waals surface area contributed by atoms with Gasteiger partial charge in [-0.3, -0.25) is 0 Å². The average Bonchev–Trinajstić information content (AvgIpc) is 2.70. The Balaban J connectivity index is 2.46. The second-order valence-electron chi connectivity index (χ2n) is 3.07. The summed E-state index contributed by atoms with van der Waals surface area (Å²) in [4.78, 5) is 3.96. The molecular weight excluding hydrogens is 176 g/mol. The van der Waals surface area contributed by atoms with Gasteiger partial charge in [-0.05, 0) is 17.7 Å². The first-order valence-corrected chi connectivity index (χ1v) is 4.38. The maximum atomic E-state index is 5.88. The molecule has 0 atom stereocenters. The molecule has 0 radical (unpaired) electrons. The molecule has 2 rings (SSSR count). The third-order valence-electron chi connectivity index (χ3n) is 2.11. The Morgan fingerprint density at radius 3 is 2.79 bits per heavy atom. The van der Waals surface area contributed by atoms with Crippen molar-refractivity contribution in [1.29, 1.82) is 0 Å². The first kappa shape index (κ1) is 8.77. The van der Waals surface area contributed by atoms with Crippen LogP contribution in [-0.4, -0.2) is 9.55 Å². The molecule has 0 aliphatic heterocycles. The molecule has 0 fully saturated rings. The van der Waals surface area contributed by atoms with Crippen molar-refractivity contribution in [2.45, 2.75) is 6.54 Å². The van der Waals surface area contributed by atoms with Crippen LogP contribution in [0.3, 0.4) is 0 Å². The molecule has 0 aliphatic carbocycles. The number of hydrogen-bond donors (Lipinski definition) is 2. The predicted molar refractivity (Wildman–Crippen MR) is 55.9 cm³/mol. The predicted octanol–water partition coefficient (Wildman–Crippen LogP) is 0.913. The van der Waals surface area contributed by atoms with Gasteiger partial charge in [0, 0.05) is 18.9 Å². The first-order chi connectivity index (χ1) is 6.81. The zero-order valence-corrected chi connectivity index (χ0v) is 7.72.